The molecule has 0 aromatic heterocycles. The molecule has 1 N–H and O–H groups in total. The van der Waals surface area contributed by atoms with Gasteiger partial charge in [0, 0.05) is 12.6 Å². The van der Waals surface area contributed by atoms with Gasteiger partial charge in [0.25, 0.3) is 0 Å². The van der Waals surface area contributed by atoms with E-state index in [2.05, 4.69) is 49.5 Å². The lowest BCUT2D eigenvalue weighted by Gasteiger charge is -2.28. The third-order valence-corrected chi connectivity index (χ3v) is 3.65. The molecule has 0 bridgehead atoms. The van der Waals surface area contributed by atoms with Crippen LogP contribution in [-0.2, 0) is 6.54 Å². The Morgan fingerprint density at radius 1 is 1.27 bits per heavy atom. The Morgan fingerprint density at radius 3 is 2.60 bits per heavy atom. The minimum absolute atomic E-state index is 0.481. The SMILES string of the molecule is CC1(C)CCCC1NCc1ccccc1. The molecule has 1 nitrogen and oxygen atoms in total. The van der Waals surface area contributed by atoms with Crippen molar-refractivity contribution in [1.82, 2.24) is 5.32 Å². The average molecular weight is 203 g/mol. The summed E-state index contributed by atoms with van der Waals surface area (Å²) in [6.45, 7) is 5.76. The number of hydrogen-bond acceptors (Lipinski definition) is 1. The van der Waals surface area contributed by atoms with Gasteiger partial charge in [0.05, 0.1) is 0 Å². The first kappa shape index (κ1) is 10.7. The predicted octanol–water partition coefficient (Wildman–Crippen LogP) is 3.35. The molecule has 1 unspecified atom stereocenters. The fraction of sp³-hybridized carbons (Fsp3) is 0.571. The van der Waals surface area contributed by atoms with Crippen LogP contribution in [0.15, 0.2) is 30.3 Å². The fourth-order valence-corrected chi connectivity index (χ4v) is 2.54. The number of nitrogens with one attached hydrogen (secondary N) is 1. The van der Waals surface area contributed by atoms with Gasteiger partial charge < -0.3 is 5.32 Å². The van der Waals surface area contributed by atoms with E-state index in [0.717, 1.165) is 6.54 Å². The Hall–Kier alpha value is -0.820. The van der Waals surface area contributed by atoms with Crippen LogP contribution >= 0.6 is 0 Å². The lowest BCUT2D eigenvalue weighted by Crippen LogP contribution is -2.37. The van der Waals surface area contributed by atoms with Gasteiger partial charge in [0.15, 0.2) is 0 Å². The maximum atomic E-state index is 3.69. The van der Waals surface area contributed by atoms with Gasteiger partial charge in [-0.2, -0.15) is 0 Å². The third-order valence-electron chi connectivity index (χ3n) is 3.65. The summed E-state index contributed by atoms with van der Waals surface area (Å²) in [6, 6.07) is 11.4. The van der Waals surface area contributed by atoms with E-state index in [4.69, 9.17) is 0 Å². The van der Waals surface area contributed by atoms with Crippen molar-refractivity contribution in [3.63, 3.8) is 0 Å². The van der Waals surface area contributed by atoms with Gasteiger partial charge in [-0.15, -0.1) is 0 Å². The van der Waals surface area contributed by atoms with E-state index < -0.39 is 0 Å². The first-order chi connectivity index (χ1) is 7.18. The average Bonchev–Trinajstić information content (AvgIpc) is 2.56. The largest absolute Gasteiger partial charge is 0.309 e. The summed E-state index contributed by atoms with van der Waals surface area (Å²) in [6.07, 6.45) is 4.07. The highest BCUT2D eigenvalue weighted by Crippen LogP contribution is 2.37. The zero-order chi connectivity index (χ0) is 10.7. The van der Waals surface area contributed by atoms with E-state index in [1.165, 1.54) is 24.8 Å². The second kappa shape index (κ2) is 4.36. The van der Waals surface area contributed by atoms with Gasteiger partial charge in [-0.25, -0.2) is 0 Å². The monoisotopic (exact) mass is 203 g/mol. The zero-order valence-electron chi connectivity index (χ0n) is 9.79. The number of rotatable bonds is 3. The summed E-state index contributed by atoms with van der Waals surface area (Å²) in [5.74, 6) is 0. The summed E-state index contributed by atoms with van der Waals surface area (Å²) in [5, 5.41) is 3.69. The molecule has 1 aliphatic carbocycles. The standard InChI is InChI=1S/C14H21N/c1-14(2)10-6-9-13(14)15-11-12-7-4-3-5-8-12/h3-5,7-8,13,15H,6,9-11H2,1-2H3. The van der Waals surface area contributed by atoms with E-state index in [1.807, 2.05) is 0 Å². The summed E-state index contributed by atoms with van der Waals surface area (Å²) >= 11 is 0. The first-order valence-electron chi connectivity index (χ1n) is 5.96. The first-order valence-corrected chi connectivity index (χ1v) is 5.96. The normalized spacial score (nSPS) is 24.3. The van der Waals surface area contributed by atoms with Gasteiger partial charge in [-0.1, -0.05) is 50.6 Å². The molecule has 15 heavy (non-hydrogen) atoms. The molecule has 0 amide bonds. The van der Waals surface area contributed by atoms with Crippen LogP contribution in [0.5, 0.6) is 0 Å². The molecule has 82 valence electrons. The molecule has 0 saturated heterocycles. The predicted molar refractivity (Wildman–Crippen MR) is 64.7 cm³/mol. The highest BCUT2D eigenvalue weighted by atomic mass is 14.9. The molecular formula is C14H21N. The van der Waals surface area contributed by atoms with Gasteiger partial charge in [0.1, 0.15) is 0 Å². The van der Waals surface area contributed by atoms with E-state index >= 15 is 0 Å². The summed E-state index contributed by atoms with van der Waals surface area (Å²) < 4.78 is 0. The van der Waals surface area contributed by atoms with Crippen LogP contribution in [0.2, 0.25) is 0 Å². The number of benzene rings is 1. The van der Waals surface area contributed by atoms with Crippen molar-refractivity contribution in [2.24, 2.45) is 5.41 Å². The Labute approximate surface area is 92.9 Å². The smallest absolute Gasteiger partial charge is 0.0208 e. The molecule has 1 aromatic rings. The Bertz CT molecular complexity index is 302. The summed E-state index contributed by atoms with van der Waals surface area (Å²) in [7, 11) is 0. The zero-order valence-corrected chi connectivity index (χ0v) is 9.79. The molecule has 2 rings (SSSR count). The van der Waals surface area contributed by atoms with Crippen LogP contribution in [-0.4, -0.2) is 6.04 Å². The van der Waals surface area contributed by atoms with Crippen LogP contribution < -0.4 is 5.32 Å². The van der Waals surface area contributed by atoms with Crippen LogP contribution in [0.1, 0.15) is 38.7 Å². The van der Waals surface area contributed by atoms with Crippen LogP contribution in [0, 0.1) is 5.41 Å². The molecule has 1 heteroatoms. The minimum Gasteiger partial charge on any atom is -0.309 e. The van der Waals surface area contributed by atoms with E-state index in [1.54, 1.807) is 0 Å². The van der Waals surface area contributed by atoms with Gasteiger partial charge in [-0.3, -0.25) is 0 Å². The maximum Gasteiger partial charge on any atom is 0.0208 e. The number of hydrogen-bond donors (Lipinski definition) is 1. The lowest BCUT2D eigenvalue weighted by molar-refractivity contribution is 0.282. The van der Waals surface area contributed by atoms with E-state index in [-0.39, 0.29) is 0 Å². The quantitative estimate of drug-likeness (QED) is 0.794. The Morgan fingerprint density at radius 2 is 2.00 bits per heavy atom. The van der Waals surface area contributed by atoms with Crippen molar-refractivity contribution >= 4 is 0 Å². The van der Waals surface area contributed by atoms with Crippen molar-refractivity contribution in [3.8, 4) is 0 Å². The molecule has 1 fully saturated rings. The van der Waals surface area contributed by atoms with Crippen molar-refractivity contribution in [3.05, 3.63) is 35.9 Å². The molecule has 0 spiro atoms. The molecule has 1 saturated carbocycles. The Kier molecular flexibility index (Phi) is 3.11. The van der Waals surface area contributed by atoms with Crippen molar-refractivity contribution in [2.75, 3.05) is 0 Å². The van der Waals surface area contributed by atoms with E-state index in [9.17, 15) is 0 Å². The molecule has 1 aliphatic rings. The third kappa shape index (κ3) is 2.60. The van der Waals surface area contributed by atoms with Gasteiger partial charge >= 0.3 is 0 Å². The molecule has 0 radical (unpaired) electrons. The lowest BCUT2D eigenvalue weighted by atomic mass is 9.87. The van der Waals surface area contributed by atoms with E-state index in [0.29, 0.717) is 11.5 Å². The van der Waals surface area contributed by atoms with Crippen molar-refractivity contribution in [1.29, 1.82) is 0 Å². The van der Waals surface area contributed by atoms with Gasteiger partial charge in [0.2, 0.25) is 0 Å². The molecule has 1 aromatic carbocycles. The van der Waals surface area contributed by atoms with Crippen LogP contribution in [0.4, 0.5) is 0 Å². The fourth-order valence-electron chi connectivity index (χ4n) is 2.54. The molecule has 0 heterocycles. The molecular weight excluding hydrogens is 182 g/mol. The van der Waals surface area contributed by atoms with Crippen LogP contribution in [0.3, 0.4) is 0 Å². The second-order valence-electron chi connectivity index (χ2n) is 5.30. The second-order valence-corrected chi connectivity index (χ2v) is 5.30. The van der Waals surface area contributed by atoms with Crippen molar-refractivity contribution in [2.45, 2.75) is 45.7 Å². The highest BCUT2D eigenvalue weighted by Gasteiger charge is 2.33. The maximum absolute atomic E-state index is 3.69. The van der Waals surface area contributed by atoms with Gasteiger partial charge in [-0.05, 0) is 23.8 Å². The molecule has 1 atom stereocenters. The minimum atomic E-state index is 0.481. The Balaban J connectivity index is 1.89. The summed E-state index contributed by atoms with van der Waals surface area (Å²) in [4.78, 5) is 0. The highest BCUT2D eigenvalue weighted by molar-refractivity contribution is 5.14. The van der Waals surface area contributed by atoms with Crippen molar-refractivity contribution < 1.29 is 0 Å². The molecule has 0 aliphatic heterocycles. The van der Waals surface area contributed by atoms with Crippen LogP contribution in [0.25, 0.3) is 0 Å². The summed E-state index contributed by atoms with van der Waals surface area (Å²) in [5.41, 5.74) is 1.87. The topological polar surface area (TPSA) is 12.0 Å².